The van der Waals surface area contributed by atoms with Gasteiger partial charge in [-0.2, -0.15) is 0 Å². The number of nitrogens with zero attached hydrogens (tertiary/aromatic N) is 1. The molecule has 0 spiro atoms. The maximum Gasteiger partial charge on any atom is 0.171 e. The van der Waals surface area contributed by atoms with E-state index in [4.69, 9.17) is 17.0 Å². The van der Waals surface area contributed by atoms with Crippen LogP contribution in [0.5, 0.6) is 5.75 Å². The van der Waals surface area contributed by atoms with Crippen LogP contribution in [-0.4, -0.2) is 24.3 Å². The highest BCUT2D eigenvalue weighted by atomic mass is 32.1. The van der Waals surface area contributed by atoms with Crippen molar-refractivity contribution >= 4 is 28.7 Å². The molecule has 0 aromatic heterocycles. The number of nitrogens with one attached hydrogen (secondary N) is 2. The third-order valence-corrected chi connectivity index (χ3v) is 5.17. The maximum absolute atomic E-state index is 5.67. The number of benzene rings is 2. The van der Waals surface area contributed by atoms with Crippen LogP contribution in [0.25, 0.3) is 0 Å². The van der Waals surface area contributed by atoms with Gasteiger partial charge in [-0.15, -0.1) is 0 Å². The topological polar surface area (TPSA) is 36.5 Å². The van der Waals surface area contributed by atoms with E-state index in [1.165, 1.54) is 43.6 Å². The molecule has 1 aliphatic heterocycles. The summed E-state index contributed by atoms with van der Waals surface area (Å²) in [4.78, 5) is 2.48. The minimum atomic E-state index is 0.138. The second-order valence-corrected chi connectivity index (χ2v) is 8.06. The molecule has 5 heteroatoms. The van der Waals surface area contributed by atoms with Crippen LogP contribution in [0.2, 0.25) is 0 Å². The molecule has 0 amide bonds. The number of piperidine rings is 1. The summed E-state index contributed by atoms with van der Waals surface area (Å²) in [7, 11) is 0. The molecule has 2 aromatic carbocycles. The van der Waals surface area contributed by atoms with Gasteiger partial charge in [0.1, 0.15) is 5.75 Å². The molecule has 0 aliphatic carbocycles. The zero-order valence-corrected chi connectivity index (χ0v) is 17.9. The Morgan fingerprint density at radius 2 is 1.57 bits per heavy atom. The number of thiocarbonyl (C=S) groups is 1. The molecule has 1 atom stereocenters. The molecule has 150 valence electrons. The van der Waals surface area contributed by atoms with Crippen LogP contribution in [-0.2, 0) is 0 Å². The standard InChI is InChI=1S/C23H31N3OS/c1-17(2)27-22-13-9-20(10-14-22)25-23(28)24-18(3)19-7-11-21(12-8-19)26-15-5-4-6-16-26/h7-14,17-18H,4-6,15-16H2,1-3H3,(H2,24,25,28)/t18-/m1/s1. The van der Waals surface area contributed by atoms with E-state index >= 15 is 0 Å². The summed E-state index contributed by atoms with van der Waals surface area (Å²) in [6.45, 7) is 8.51. The van der Waals surface area contributed by atoms with Crippen molar-refractivity contribution in [2.75, 3.05) is 23.3 Å². The monoisotopic (exact) mass is 397 g/mol. The first-order valence-electron chi connectivity index (χ1n) is 10.2. The molecule has 1 aliphatic rings. The van der Waals surface area contributed by atoms with Gasteiger partial charge in [0.15, 0.2) is 5.11 Å². The molecule has 1 saturated heterocycles. The Morgan fingerprint density at radius 3 is 2.18 bits per heavy atom. The molecule has 0 saturated carbocycles. The van der Waals surface area contributed by atoms with Crippen molar-refractivity contribution < 1.29 is 4.74 Å². The first kappa shape index (κ1) is 20.5. The summed E-state index contributed by atoms with van der Waals surface area (Å²) >= 11 is 5.48. The molecule has 3 rings (SSSR count). The van der Waals surface area contributed by atoms with E-state index in [0.29, 0.717) is 5.11 Å². The molecule has 0 bridgehead atoms. The first-order chi connectivity index (χ1) is 13.5. The van der Waals surface area contributed by atoms with Crippen molar-refractivity contribution in [2.24, 2.45) is 0 Å². The van der Waals surface area contributed by atoms with Crippen molar-refractivity contribution in [3.8, 4) is 5.75 Å². The average Bonchev–Trinajstić information content (AvgIpc) is 2.70. The highest BCUT2D eigenvalue weighted by Crippen LogP contribution is 2.23. The van der Waals surface area contributed by atoms with E-state index in [-0.39, 0.29) is 12.1 Å². The average molecular weight is 398 g/mol. The number of rotatable bonds is 6. The number of ether oxygens (including phenoxy) is 1. The quantitative estimate of drug-likeness (QED) is 0.629. The van der Waals surface area contributed by atoms with Crippen LogP contribution in [0.1, 0.15) is 51.6 Å². The van der Waals surface area contributed by atoms with E-state index in [1.54, 1.807) is 0 Å². The molecular weight excluding hydrogens is 366 g/mol. The van der Waals surface area contributed by atoms with Gasteiger partial charge < -0.3 is 20.3 Å². The summed E-state index contributed by atoms with van der Waals surface area (Å²) < 4.78 is 5.67. The third kappa shape index (κ3) is 5.86. The fraction of sp³-hybridized carbons (Fsp3) is 0.435. The summed E-state index contributed by atoms with van der Waals surface area (Å²) in [5, 5.41) is 7.22. The molecular formula is C23H31N3OS. The minimum Gasteiger partial charge on any atom is -0.491 e. The molecule has 2 aromatic rings. The Kier molecular flexibility index (Phi) is 7.15. The lowest BCUT2D eigenvalue weighted by Gasteiger charge is -2.29. The molecule has 1 fully saturated rings. The van der Waals surface area contributed by atoms with Crippen molar-refractivity contribution in [1.29, 1.82) is 0 Å². The smallest absolute Gasteiger partial charge is 0.171 e. The fourth-order valence-electron chi connectivity index (χ4n) is 3.46. The van der Waals surface area contributed by atoms with E-state index in [9.17, 15) is 0 Å². The summed E-state index contributed by atoms with van der Waals surface area (Å²) in [6, 6.07) is 16.8. The van der Waals surface area contributed by atoms with Gasteiger partial charge in [0, 0.05) is 24.5 Å². The third-order valence-electron chi connectivity index (χ3n) is 4.95. The fourth-order valence-corrected chi connectivity index (χ4v) is 3.76. The van der Waals surface area contributed by atoms with Gasteiger partial charge in [0.05, 0.1) is 12.1 Å². The number of anilines is 2. The van der Waals surface area contributed by atoms with Gasteiger partial charge >= 0.3 is 0 Å². The number of hydrogen-bond acceptors (Lipinski definition) is 3. The Bertz CT molecular complexity index is 752. The first-order valence-corrected chi connectivity index (χ1v) is 10.6. The van der Waals surface area contributed by atoms with Gasteiger partial charge in [0.25, 0.3) is 0 Å². The van der Waals surface area contributed by atoms with Crippen LogP contribution in [0.3, 0.4) is 0 Å². The molecule has 28 heavy (non-hydrogen) atoms. The van der Waals surface area contributed by atoms with Gasteiger partial charge in [-0.05, 0) is 94.2 Å². The van der Waals surface area contributed by atoms with E-state index in [1.807, 2.05) is 38.1 Å². The van der Waals surface area contributed by atoms with Gasteiger partial charge in [-0.25, -0.2) is 0 Å². The lowest BCUT2D eigenvalue weighted by molar-refractivity contribution is 0.242. The SMILES string of the molecule is CC(C)Oc1ccc(NC(=S)N[C@H](C)c2ccc(N3CCCCC3)cc2)cc1. The van der Waals surface area contributed by atoms with Gasteiger partial charge in [-0.3, -0.25) is 0 Å². The van der Waals surface area contributed by atoms with Gasteiger partial charge in [-0.1, -0.05) is 12.1 Å². The van der Waals surface area contributed by atoms with Crippen molar-refractivity contribution in [3.63, 3.8) is 0 Å². The molecule has 1 heterocycles. The molecule has 2 N–H and O–H groups in total. The molecule has 0 radical (unpaired) electrons. The van der Waals surface area contributed by atoms with E-state index in [2.05, 4.69) is 46.7 Å². The zero-order valence-electron chi connectivity index (χ0n) is 17.1. The lowest BCUT2D eigenvalue weighted by atomic mass is 10.1. The Balaban J connectivity index is 1.52. The molecule has 4 nitrogen and oxygen atoms in total. The summed E-state index contributed by atoms with van der Waals surface area (Å²) in [5.41, 5.74) is 3.49. The maximum atomic E-state index is 5.67. The second kappa shape index (κ2) is 9.78. The Hall–Kier alpha value is -2.27. The minimum absolute atomic E-state index is 0.138. The van der Waals surface area contributed by atoms with Crippen LogP contribution in [0.15, 0.2) is 48.5 Å². The highest BCUT2D eigenvalue weighted by molar-refractivity contribution is 7.80. The largest absolute Gasteiger partial charge is 0.491 e. The normalized spacial score (nSPS) is 15.2. The van der Waals surface area contributed by atoms with Crippen molar-refractivity contribution in [2.45, 2.75) is 52.2 Å². The summed E-state index contributed by atoms with van der Waals surface area (Å²) in [5.74, 6) is 0.863. The van der Waals surface area contributed by atoms with E-state index < -0.39 is 0 Å². The Morgan fingerprint density at radius 1 is 0.929 bits per heavy atom. The van der Waals surface area contributed by atoms with Gasteiger partial charge in [0.2, 0.25) is 0 Å². The second-order valence-electron chi connectivity index (χ2n) is 7.65. The lowest BCUT2D eigenvalue weighted by Crippen LogP contribution is -2.31. The zero-order chi connectivity index (χ0) is 19.9. The van der Waals surface area contributed by atoms with Crippen LogP contribution >= 0.6 is 12.2 Å². The molecule has 0 unspecified atom stereocenters. The summed E-state index contributed by atoms with van der Waals surface area (Å²) in [6.07, 6.45) is 4.12. The number of hydrogen-bond donors (Lipinski definition) is 2. The predicted molar refractivity (Wildman–Crippen MR) is 122 cm³/mol. The van der Waals surface area contributed by atoms with Crippen molar-refractivity contribution in [3.05, 3.63) is 54.1 Å². The predicted octanol–water partition coefficient (Wildman–Crippen LogP) is 5.51. The van der Waals surface area contributed by atoms with Crippen LogP contribution in [0, 0.1) is 0 Å². The van der Waals surface area contributed by atoms with Crippen molar-refractivity contribution in [1.82, 2.24) is 5.32 Å². The Labute approximate surface area is 174 Å². The van der Waals surface area contributed by atoms with Crippen LogP contribution < -0.4 is 20.3 Å². The van der Waals surface area contributed by atoms with E-state index in [0.717, 1.165) is 11.4 Å². The van der Waals surface area contributed by atoms with Crippen LogP contribution in [0.4, 0.5) is 11.4 Å². The highest BCUT2D eigenvalue weighted by Gasteiger charge is 2.12.